The Balaban J connectivity index is 0.000000207. The molecule has 0 spiro atoms. The summed E-state index contributed by atoms with van der Waals surface area (Å²) < 4.78 is 20.5. The number of methoxy groups -OCH3 is 1. The van der Waals surface area contributed by atoms with Crippen molar-refractivity contribution in [1.29, 1.82) is 0 Å². The first kappa shape index (κ1) is 64.5. The number of carbonyl (C=O) groups excluding carboxylic acids is 4. The molecule has 470 valence electrons. The second-order valence-corrected chi connectivity index (χ2v) is 24.2. The number of hydrogen-bond donors (Lipinski definition) is 2. The van der Waals surface area contributed by atoms with Gasteiger partial charge in [0.15, 0.2) is 0 Å². The minimum Gasteiger partial charge on any atom is -0.481 e. The van der Waals surface area contributed by atoms with E-state index in [4.69, 9.17) is 34.1 Å². The van der Waals surface area contributed by atoms with E-state index in [1.165, 1.54) is 23.9 Å². The fourth-order valence-electron chi connectivity index (χ4n) is 10.0. The number of likely N-dealkylation sites (N-methyl/N-ethyl adjacent to an activating group) is 2. The van der Waals surface area contributed by atoms with E-state index in [0.717, 1.165) is 78.0 Å². The van der Waals surface area contributed by atoms with Gasteiger partial charge in [0.05, 0.1) is 35.3 Å². The standard InChI is InChI=1S/C40H39N7O4.C33H32N6O3/c1-24-18-21-47-34(22-24)45-35(31-10-9-19-42-38(31)50-8)36(47)30-14-16-33(44-37(48)26(3)46(7)39(49)51-40(4,5)6)43-32(30)15-12-27-11-13-29-25(2)41-20-17-28(29)23-27;1-21-30(39-19-8-7-11-29(39)35-21)25-14-17-28(37-31(40)22(2)38(6)32(41)42-33(3,4)5)36-27(25)16-13-23-12-15-26-24(20-23)10-9-18-34-26/h9-11,13-14,16-23,26H,1-8H3,(H,43,44,48);7-12,14-15,17-20,22H,1-6H3,(H,36,37,40)/t26-;22-/m00/s1. The summed E-state index contributed by atoms with van der Waals surface area (Å²) in [5.41, 5.74) is 10.7. The van der Waals surface area contributed by atoms with Gasteiger partial charge in [0.2, 0.25) is 17.7 Å². The van der Waals surface area contributed by atoms with Gasteiger partial charge in [-0.1, -0.05) is 30.0 Å². The van der Waals surface area contributed by atoms with Gasteiger partial charge >= 0.3 is 12.2 Å². The number of anilines is 2. The molecule has 0 radical (unpaired) electrons. The number of benzene rings is 2. The molecule has 0 saturated carbocycles. The maximum Gasteiger partial charge on any atom is 0.410 e. The molecule has 0 aliphatic carbocycles. The van der Waals surface area contributed by atoms with Crippen LogP contribution in [0, 0.1) is 44.5 Å². The topological polar surface area (TPSA) is 226 Å². The first-order chi connectivity index (χ1) is 44.3. The highest BCUT2D eigenvalue weighted by atomic mass is 16.6. The third-order valence-corrected chi connectivity index (χ3v) is 15.0. The van der Waals surface area contributed by atoms with Gasteiger partial charge < -0.3 is 24.8 Å². The Labute approximate surface area is 539 Å². The molecular weight excluding hydrogens is 1170 g/mol. The van der Waals surface area contributed by atoms with Crippen molar-refractivity contribution < 1.29 is 33.4 Å². The van der Waals surface area contributed by atoms with Gasteiger partial charge in [-0.3, -0.25) is 38.2 Å². The van der Waals surface area contributed by atoms with Crippen LogP contribution in [0.4, 0.5) is 21.2 Å². The normalized spacial score (nSPS) is 11.9. The number of carbonyl (C=O) groups is 4. The number of fused-ring (bicyclic) bond motifs is 4. The van der Waals surface area contributed by atoms with Crippen molar-refractivity contribution in [2.24, 2.45) is 0 Å². The molecule has 9 heterocycles. The van der Waals surface area contributed by atoms with Gasteiger partial charge in [-0.2, -0.15) is 0 Å². The molecule has 2 atom stereocenters. The zero-order valence-corrected chi connectivity index (χ0v) is 54.4. The van der Waals surface area contributed by atoms with Crippen molar-refractivity contribution in [3.05, 3.63) is 192 Å². The summed E-state index contributed by atoms with van der Waals surface area (Å²) in [6, 6.07) is 36.7. The number of aromatic nitrogens is 9. The van der Waals surface area contributed by atoms with E-state index >= 15 is 0 Å². The second-order valence-electron chi connectivity index (χ2n) is 24.2. The summed E-state index contributed by atoms with van der Waals surface area (Å²) in [7, 11) is 4.62. The Hall–Kier alpha value is -11.5. The maximum absolute atomic E-state index is 13.4. The van der Waals surface area contributed by atoms with Crippen LogP contribution >= 0.6 is 0 Å². The van der Waals surface area contributed by atoms with Crippen LogP contribution in [0.2, 0.25) is 0 Å². The molecule has 0 saturated heterocycles. The van der Waals surface area contributed by atoms with E-state index < -0.39 is 47.3 Å². The molecule has 20 nitrogen and oxygen atoms in total. The molecule has 0 unspecified atom stereocenters. The van der Waals surface area contributed by atoms with E-state index in [9.17, 15) is 19.2 Å². The number of rotatable bonds is 10. The lowest BCUT2D eigenvalue weighted by atomic mass is 10.0. The molecule has 9 aromatic heterocycles. The van der Waals surface area contributed by atoms with Crippen LogP contribution in [0.3, 0.4) is 0 Å². The summed E-state index contributed by atoms with van der Waals surface area (Å²) in [5, 5.41) is 8.75. The average Bonchev–Trinajstić information content (AvgIpc) is 1.65. The van der Waals surface area contributed by atoms with Gasteiger partial charge in [0.1, 0.15) is 63.3 Å². The molecule has 11 aromatic rings. The highest BCUT2D eigenvalue weighted by molar-refractivity contribution is 5.97. The van der Waals surface area contributed by atoms with E-state index in [2.05, 4.69) is 49.3 Å². The Morgan fingerprint density at radius 3 is 1.73 bits per heavy atom. The van der Waals surface area contributed by atoms with E-state index in [-0.39, 0.29) is 5.82 Å². The molecule has 0 aliphatic rings. The summed E-state index contributed by atoms with van der Waals surface area (Å²) in [5.74, 6) is 13.2. The molecule has 11 rings (SSSR count). The van der Waals surface area contributed by atoms with Crippen molar-refractivity contribution in [3.63, 3.8) is 0 Å². The highest BCUT2D eigenvalue weighted by Gasteiger charge is 2.30. The largest absolute Gasteiger partial charge is 0.481 e. The average molecular weight is 1240 g/mol. The fourth-order valence-corrected chi connectivity index (χ4v) is 10.0. The summed E-state index contributed by atoms with van der Waals surface area (Å²) in [6.45, 7) is 19.8. The van der Waals surface area contributed by atoms with Crippen LogP contribution in [0.1, 0.15) is 94.9 Å². The van der Waals surface area contributed by atoms with Gasteiger partial charge in [0, 0.05) is 83.8 Å². The van der Waals surface area contributed by atoms with E-state index in [0.29, 0.717) is 39.9 Å². The lowest BCUT2D eigenvalue weighted by molar-refractivity contribution is -0.121. The number of nitrogens with one attached hydrogen (secondary N) is 2. The fraction of sp³-hybridized carbons (Fsp3) is 0.247. The molecule has 2 N–H and O–H groups in total. The van der Waals surface area contributed by atoms with Crippen molar-refractivity contribution in [2.75, 3.05) is 31.8 Å². The summed E-state index contributed by atoms with van der Waals surface area (Å²) in [4.78, 5) is 86.8. The Morgan fingerprint density at radius 1 is 0.527 bits per heavy atom. The third kappa shape index (κ3) is 14.9. The van der Waals surface area contributed by atoms with Crippen LogP contribution in [0.5, 0.6) is 5.88 Å². The third-order valence-electron chi connectivity index (χ3n) is 15.0. The number of nitrogens with zero attached hydrogens (tertiary/aromatic N) is 11. The zero-order chi connectivity index (χ0) is 66.5. The van der Waals surface area contributed by atoms with Crippen molar-refractivity contribution in [3.8, 4) is 63.3 Å². The van der Waals surface area contributed by atoms with Gasteiger partial charge in [-0.15, -0.1) is 0 Å². The smallest absolute Gasteiger partial charge is 0.410 e. The van der Waals surface area contributed by atoms with Crippen LogP contribution in [-0.4, -0.2) is 122 Å². The second kappa shape index (κ2) is 26.9. The van der Waals surface area contributed by atoms with Gasteiger partial charge in [0.25, 0.3) is 0 Å². The van der Waals surface area contributed by atoms with Crippen molar-refractivity contribution >= 4 is 68.6 Å². The zero-order valence-electron chi connectivity index (χ0n) is 54.4. The molecular formula is C73H71N13O7. The molecule has 4 amide bonds. The predicted octanol–water partition coefficient (Wildman–Crippen LogP) is 13.1. The first-order valence-corrected chi connectivity index (χ1v) is 30.0. The number of hydrogen-bond acceptors (Lipinski definition) is 14. The molecule has 0 bridgehead atoms. The number of pyridine rings is 7. The quantitative estimate of drug-likeness (QED) is 0.122. The number of imidazole rings is 2. The Morgan fingerprint density at radius 2 is 1.11 bits per heavy atom. The molecule has 0 fully saturated rings. The summed E-state index contributed by atoms with van der Waals surface area (Å²) in [6.07, 6.45) is 7.91. The summed E-state index contributed by atoms with van der Waals surface area (Å²) >= 11 is 0. The van der Waals surface area contributed by atoms with E-state index in [1.807, 2.05) is 151 Å². The predicted molar refractivity (Wildman–Crippen MR) is 360 cm³/mol. The first-order valence-electron chi connectivity index (χ1n) is 30.0. The lowest BCUT2D eigenvalue weighted by Crippen LogP contribution is -2.45. The Kier molecular flexibility index (Phi) is 18.7. The van der Waals surface area contributed by atoms with E-state index in [1.54, 1.807) is 93.2 Å². The SMILES string of the molecule is COc1ncccc1-c1nc2cc(C)ccn2c1-c1ccc(NC(=O)[C@H](C)N(C)C(=O)OC(C)(C)C)nc1C#Cc1ccc2c(C)nccc2c1.Cc1nc2ccccn2c1-c1ccc(NC(=O)[C@H](C)N(C)C(=O)OC(C)(C)C)nc1C#Cc1ccc2ncccc2c1. The Bertz CT molecular complexity index is 4840. The van der Waals surface area contributed by atoms with Gasteiger partial charge in [-0.25, -0.2) is 34.5 Å². The molecule has 2 aromatic carbocycles. The highest BCUT2D eigenvalue weighted by Crippen LogP contribution is 2.38. The minimum atomic E-state index is -0.849. The number of amides is 4. The van der Waals surface area contributed by atoms with Crippen molar-refractivity contribution in [1.82, 2.24) is 53.5 Å². The number of aryl methyl sites for hydroxylation is 3. The molecule has 93 heavy (non-hydrogen) atoms. The monoisotopic (exact) mass is 1240 g/mol. The van der Waals surface area contributed by atoms with Crippen LogP contribution in [0.25, 0.3) is 66.7 Å². The van der Waals surface area contributed by atoms with Crippen LogP contribution < -0.4 is 15.4 Å². The van der Waals surface area contributed by atoms with Crippen molar-refractivity contribution in [2.45, 2.75) is 99.4 Å². The molecule has 20 heteroatoms. The van der Waals surface area contributed by atoms with Crippen LogP contribution in [0.15, 0.2) is 152 Å². The van der Waals surface area contributed by atoms with Gasteiger partial charge in [-0.05, 0) is 202 Å². The maximum atomic E-state index is 13.4. The lowest BCUT2D eigenvalue weighted by Gasteiger charge is -2.28. The minimum absolute atomic E-state index is 0.267. The van der Waals surface area contributed by atoms with Crippen LogP contribution in [-0.2, 0) is 19.1 Å². The molecule has 0 aliphatic heterocycles. The number of ether oxygens (including phenoxy) is 3.